The Hall–Kier alpha value is -1.79. The van der Waals surface area contributed by atoms with Crippen LogP contribution < -0.4 is 20.7 Å². The zero-order valence-electron chi connectivity index (χ0n) is 12.5. The minimum atomic E-state index is -0.132. The normalized spacial score (nSPS) is 15.5. The number of amides is 2. The monoisotopic (exact) mass is 292 g/mol. The molecule has 21 heavy (non-hydrogen) atoms. The highest BCUT2D eigenvalue weighted by atomic mass is 16.5. The van der Waals surface area contributed by atoms with Gasteiger partial charge in [-0.25, -0.2) is 4.79 Å². The van der Waals surface area contributed by atoms with E-state index in [0.717, 1.165) is 44.0 Å². The van der Waals surface area contributed by atoms with Crippen molar-refractivity contribution in [3.05, 3.63) is 29.8 Å². The third kappa shape index (κ3) is 5.61. The van der Waals surface area contributed by atoms with Crippen LogP contribution in [0.25, 0.3) is 0 Å². The third-order valence-corrected chi connectivity index (χ3v) is 3.51. The molecule has 1 fully saturated rings. The van der Waals surface area contributed by atoms with Crippen LogP contribution in [0.15, 0.2) is 24.3 Å². The number of rotatable bonds is 6. The Labute approximate surface area is 125 Å². The van der Waals surface area contributed by atoms with Crippen molar-refractivity contribution < 1.29 is 9.53 Å². The zero-order valence-corrected chi connectivity index (χ0v) is 12.5. The van der Waals surface area contributed by atoms with Gasteiger partial charge in [0.05, 0.1) is 7.11 Å². The molecular formula is C15H24N4O2. The molecule has 1 aliphatic heterocycles. The first-order valence-electron chi connectivity index (χ1n) is 7.35. The van der Waals surface area contributed by atoms with E-state index in [1.165, 1.54) is 0 Å². The summed E-state index contributed by atoms with van der Waals surface area (Å²) in [4.78, 5) is 14.1. The molecule has 0 spiro atoms. The van der Waals surface area contributed by atoms with Crippen LogP contribution in [0.3, 0.4) is 0 Å². The molecule has 3 N–H and O–H groups in total. The highest BCUT2D eigenvalue weighted by Crippen LogP contribution is 2.11. The number of nitrogens with zero attached hydrogens (tertiary/aromatic N) is 1. The summed E-state index contributed by atoms with van der Waals surface area (Å²) in [6.07, 6.45) is 0. The van der Waals surface area contributed by atoms with Crippen molar-refractivity contribution >= 4 is 6.03 Å². The molecule has 1 aromatic carbocycles. The van der Waals surface area contributed by atoms with E-state index in [-0.39, 0.29) is 6.03 Å². The van der Waals surface area contributed by atoms with Crippen LogP contribution in [0, 0.1) is 0 Å². The summed E-state index contributed by atoms with van der Waals surface area (Å²) in [5.41, 5.74) is 1.02. The van der Waals surface area contributed by atoms with Crippen molar-refractivity contribution in [1.82, 2.24) is 20.9 Å². The van der Waals surface area contributed by atoms with Gasteiger partial charge in [0, 0.05) is 45.8 Å². The van der Waals surface area contributed by atoms with Gasteiger partial charge in [0.25, 0.3) is 0 Å². The third-order valence-electron chi connectivity index (χ3n) is 3.51. The summed E-state index contributed by atoms with van der Waals surface area (Å²) >= 11 is 0. The molecule has 0 atom stereocenters. The van der Waals surface area contributed by atoms with E-state index >= 15 is 0 Å². The van der Waals surface area contributed by atoms with Crippen molar-refractivity contribution in [3.8, 4) is 5.75 Å². The second-order valence-corrected chi connectivity index (χ2v) is 5.05. The number of carbonyl (C=O) groups excluding carboxylic acids is 1. The second kappa shape index (κ2) is 8.49. The van der Waals surface area contributed by atoms with Gasteiger partial charge in [0.15, 0.2) is 0 Å². The Kier molecular flexibility index (Phi) is 6.30. The number of ether oxygens (including phenoxy) is 1. The van der Waals surface area contributed by atoms with Gasteiger partial charge in [-0.3, -0.25) is 4.90 Å². The minimum Gasteiger partial charge on any atom is -0.497 e. The summed E-state index contributed by atoms with van der Waals surface area (Å²) < 4.78 is 5.15. The van der Waals surface area contributed by atoms with E-state index in [0.29, 0.717) is 13.1 Å². The van der Waals surface area contributed by atoms with Gasteiger partial charge in [0.2, 0.25) is 0 Å². The van der Waals surface area contributed by atoms with Crippen LogP contribution in [0.4, 0.5) is 4.79 Å². The number of benzene rings is 1. The summed E-state index contributed by atoms with van der Waals surface area (Å²) in [6, 6.07) is 7.55. The molecular weight excluding hydrogens is 268 g/mol. The van der Waals surface area contributed by atoms with Gasteiger partial charge in [-0.15, -0.1) is 0 Å². The van der Waals surface area contributed by atoms with Crippen molar-refractivity contribution in [1.29, 1.82) is 0 Å². The molecule has 2 rings (SSSR count). The quantitative estimate of drug-likeness (QED) is 0.710. The van der Waals surface area contributed by atoms with Crippen LogP contribution in [-0.2, 0) is 6.54 Å². The SMILES string of the molecule is COc1cccc(CNC(=O)NCCN2CCNCC2)c1. The van der Waals surface area contributed by atoms with Gasteiger partial charge in [-0.1, -0.05) is 12.1 Å². The van der Waals surface area contributed by atoms with Crippen LogP contribution in [0.2, 0.25) is 0 Å². The average Bonchev–Trinajstić information content (AvgIpc) is 2.54. The topological polar surface area (TPSA) is 65.6 Å². The molecule has 1 aromatic rings. The van der Waals surface area contributed by atoms with Gasteiger partial charge in [-0.05, 0) is 17.7 Å². The number of hydrogen-bond donors (Lipinski definition) is 3. The van der Waals surface area contributed by atoms with Gasteiger partial charge < -0.3 is 20.7 Å². The van der Waals surface area contributed by atoms with Gasteiger partial charge in [0.1, 0.15) is 5.75 Å². The standard InChI is InChI=1S/C15H24N4O2/c1-21-14-4-2-3-13(11-14)12-18-15(20)17-7-10-19-8-5-16-6-9-19/h2-4,11,16H,5-10,12H2,1H3,(H2,17,18,20). The lowest BCUT2D eigenvalue weighted by molar-refractivity contribution is 0.226. The largest absolute Gasteiger partial charge is 0.497 e. The summed E-state index contributed by atoms with van der Waals surface area (Å²) in [7, 11) is 1.63. The molecule has 2 amide bonds. The first-order valence-corrected chi connectivity index (χ1v) is 7.35. The molecule has 0 aromatic heterocycles. The molecule has 6 nitrogen and oxygen atoms in total. The van der Waals surface area contributed by atoms with Gasteiger partial charge >= 0.3 is 6.03 Å². The predicted octanol–water partition coefficient (Wildman–Crippen LogP) is 0.400. The molecule has 116 valence electrons. The van der Waals surface area contributed by atoms with E-state index in [4.69, 9.17) is 4.74 Å². The molecule has 0 bridgehead atoms. The highest BCUT2D eigenvalue weighted by Gasteiger charge is 2.09. The lowest BCUT2D eigenvalue weighted by Gasteiger charge is -2.27. The molecule has 0 radical (unpaired) electrons. The minimum absolute atomic E-state index is 0.132. The van der Waals surface area contributed by atoms with Crippen molar-refractivity contribution in [2.75, 3.05) is 46.4 Å². The molecule has 0 saturated carbocycles. The van der Waals surface area contributed by atoms with Crippen molar-refractivity contribution in [2.45, 2.75) is 6.54 Å². The maximum atomic E-state index is 11.7. The molecule has 1 aliphatic rings. The maximum Gasteiger partial charge on any atom is 0.315 e. The summed E-state index contributed by atoms with van der Waals surface area (Å²) in [6.45, 7) is 6.22. The van der Waals surface area contributed by atoms with Crippen LogP contribution >= 0.6 is 0 Å². The number of urea groups is 1. The number of methoxy groups -OCH3 is 1. The van der Waals surface area contributed by atoms with Crippen LogP contribution in [0.1, 0.15) is 5.56 Å². The summed E-state index contributed by atoms with van der Waals surface area (Å²) in [5, 5.41) is 9.05. The van der Waals surface area contributed by atoms with E-state index in [1.807, 2.05) is 24.3 Å². The Morgan fingerprint density at radius 1 is 1.33 bits per heavy atom. The molecule has 6 heteroatoms. The van der Waals surface area contributed by atoms with E-state index < -0.39 is 0 Å². The van der Waals surface area contributed by atoms with E-state index in [9.17, 15) is 4.79 Å². The van der Waals surface area contributed by atoms with E-state index in [2.05, 4.69) is 20.9 Å². The van der Waals surface area contributed by atoms with Crippen LogP contribution in [-0.4, -0.2) is 57.3 Å². The Morgan fingerprint density at radius 2 is 2.14 bits per heavy atom. The lowest BCUT2D eigenvalue weighted by atomic mass is 10.2. The van der Waals surface area contributed by atoms with Gasteiger partial charge in [-0.2, -0.15) is 0 Å². The zero-order chi connectivity index (χ0) is 14.9. The first-order chi connectivity index (χ1) is 10.3. The highest BCUT2D eigenvalue weighted by molar-refractivity contribution is 5.73. The summed E-state index contributed by atoms with van der Waals surface area (Å²) in [5.74, 6) is 0.799. The molecule has 1 saturated heterocycles. The number of carbonyl (C=O) groups is 1. The molecule has 0 unspecified atom stereocenters. The van der Waals surface area contributed by atoms with Crippen molar-refractivity contribution in [3.63, 3.8) is 0 Å². The molecule has 0 aliphatic carbocycles. The number of nitrogens with one attached hydrogen (secondary N) is 3. The van der Waals surface area contributed by atoms with E-state index in [1.54, 1.807) is 7.11 Å². The maximum absolute atomic E-state index is 11.7. The fraction of sp³-hybridized carbons (Fsp3) is 0.533. The van der Waals surface area contributed by atoms with Crippen LogP contribution in [0.5, 0.6) is 5.75 Å². The lowest BCUT2D eigenvalue weighted by Crippen LogP contribution is -2.47. The smallest absolute Gasteiger partial charge is 0.315 e. The van der Waals surface area contributed by atoms with Crippen molar-refractivity contribution in [2.24, 2.45) is 0 Å². The Morgan fingerprint density at radius 3 is 2.90 bits per heavy atom. The number of hydrogen-bond acceptors (Lipinski definition) is 4. The first kappa shape index (κ1) is 15.6. The number of piperazine rings is 1. The second-order valence-electron chi connectivity index (χ2n) is 5.05. The predicted molar refractivity (Wildman–Crippen MR) is 82.5 cm³/mol. The fourth-order valence-corrected chi connectivity index (χ4v) is 2.29. The fourth-order valence-electron chi connectivity index (χ4n) is 2.29. The molecule has 1 heterocycles. The Balaban J connectivity index is 1.62. The average molecular weight is 292 g/mol. The Bertz CT molecular complexity index is 447.